The van der Waals surface area contributed by atoms with E-state index >= 15 is 0 Å². The fraction of sp³-hybridized carbons (Fsp3) is 0.500. The van der Waals surface area contributed by atoms with Crippen LogP contribution in [0, 0.1) is 6.92 Å². The summed E-state index contributed by atoms with van der Waals surface area (Å²) in [6.07, 6.45) is 0. The molecule has 0 aromatic carbocycles. The van der Waals surface area contributed by atoms with Crippen LogP contribution >= 0.6 is 0 Å². The van der Waals surface area contributed by atoms with Crippen LogP contribution in [0.25, 0.3) is 0 Å². The Morgan fingerprint density at radius 1 is 1.50 bits per heavy atom. The summed E-state index contributed by atoms with van der Waals surface area (Å²) in [5.74, 6) is -0.682. The van der Waals surface area contributed by atoms with Crippen LogP contribution in [-0.2, 0) is 4.79 Å². The molecule has 1 aromatic heterocycles. The zero-order chi connectivity index (χ0) is 10.9. The van der Waals surface area contributed by atoms with Crippen molar-refractivity contribution in [1.29, 1.82) is 0 Å². The van der Waals surface area contributed by atoms with Gasteiger partial charge in [-0.05, 0) is 13.8 Å². The molecule has 1 rings (SSSR count). The van der Waals surface area contributed by atoms with Crippen molar-refractivity contribution in [3.8, 4) is 0 Å². The highest BCUT2D eigenvalue weighted by Crippen LogP contribution is 2.10. The lowest BCUT2D eigenvalue weighted by Crippen LogP contribution is -2.25. The minimum atomic E-state index is -0.587. The van der Waals surface area contributed by atoms with Crippen molar-refractivity contribution in [2.24, 2.45) is 5.73 Å². The van der Waals surface area contributed by atoms with E-state index in [4.69, 9.17) is 5.73 Å². The number of nitrogens with two attached hydrogens (primary N) is 1. The van der Waals surface area contributed by atoms with Gasteiger partial charge in [-0.1, -0.05) is 5.21 Å². The van der Waals surface area contributed by atoms with E-state index in [2.05, 4.69) is 10.3 Å². The van der Waals surface area contributed by atoms with Crippen LogP contribution in [0.2, 0.25) is 0 Å². The minimum Gasteiger partial charge on any atom is -0.368 e. The van der Waals surface area contributed by atoms with Crippen LogP contribution in [0.1, 0.15) is 36.1 Å². The van der Waals surface area contributed by atoms with Gasteiger partial charge in [-0.2, -0.15) is 0 Å². The number of hydrogen-bond acceptors (Lipinski definition) is 4. The first-order chi connectivity index (χ1) is 6.45. The van der Waals surface area contributed by atoms with Crippen LogP contribution in [0.3, 0.4) is 0 Å². The van der Waals surface area contributed by atoms with E-state index in [9.17, 15) is 9.59 Å². The number of Topliss-reactive ketones (excluding diaryl/α,β-unsaturated/α-hetero) is 1. The molecule has 0 aliphatic rings. The van der Waals surface area contributed by atoms with E-state index in [-0.39, 0.29) is 11.5 Å². The molecule has 1 aromatic rings. The van der Waals surface area contributed by atoms with Crippen molar-refractivity contribution in [1.82, 2.24) is 15.0 Å². The van der Waals surface area contributed by atoms with Crippen LogP contribution < -0.4 is 5.73 Å². The number of nitrogens with zero attached hydrogens (tertiary/aromatic N) is 3. The Bertz CT molecular complexity index is 383. The molecule has 14 heavy (non-hydrogen) atoms. The Balaban J connectivity index is 3.13. The lowest BCUT2D eigenvalue weighted by molar-refractivity contribution is -0.121. The summed E-state index contributed by atoms with van der Waals surface area (Å²) in [5.41, 5.74) is 5.94. The predicted octanol–water partition coefficient (Wildman–Crippen LogP) is -0.165. The Kier molecular flexibility index (Phi) is 2.64. The number of carbonyl (C=O) groups excluding carboxylic acids is 2. The van der Waals surface area contributed by atoms with Gasteiger partial charge in [-0.15, -0.1) is 5.10 Å². The van der Waals surface area contributed by atoms with Crippen molar-refractivity contribution in [3.63, 3.8) is 0 Å². The van der Waals surface area contributed by atoms with E-state index < -0.39 is 11.9 Å². The number of primary amides is 1. The molecular formula is C8H12N4O2. The molecule has 1 amide bonds. The summed E-state index contributed by atoms with van der Waals surface area (Å²) in [6.45, 7) is 4.68. The number of amides is 1. The highest BCUT2D eigenvalue weighted by molar-refractivity contribution is 5.93. The van der Waals surface area contributed by atoms with Gasteiger partial charge >= 0.3 is 0 Å². The first-order valence-corrected chi connectivity index (χ1v) is 4.17. The monoisotopic (exact) mass is 196 g/mol. The summed E-state index contributed by atoms with van der Waals surface area (Å²) in [5, 5.41) is 7.38. The smallest absolute Gasteiger partial charge is 0.242 e. The summed E-state index contributed by atoms with van der Waals surface area (Å²) < 4.78 is 1.35. The van der Waals surface area contributed by atoms with Crippen molar-refractivity contribution in [2.75, 3.05) is 0 Å². The van der Waals surface area contributed by atoms with Crippen molar-refractivity contribution < 1.29 is 9.59 Å². The number of ketones is 1. The number of aromatic nitrogens is 3. The quantitative estimate of drug-likeness (QED) is 0.680. The SMILES string of the molecule is CC(=O)c1nnn(C(C)C(N)=O)c1C. The molecule has 2 N–H and O–H groups in total. The number of rotatable bonds is 3. The standard InChI is InChI=1S/C8H12N4O2/c1-4-7(6(3)13)10-11-12(4)5(2)8(9)14/h5H,1-3H3,(H2,9,14). The number of carbonyl (C=O) groups is 2. The van der Waals surface area contributed by atoms with Gasteiger partial charge in [0.2, 0.25) is 5.91 Å². The van der Waals surface area contributed by atoms with Gasteiger partial charge in [0, 0.05) is 6.92 Å². The predicted molar refractivity (Wildman–Crippen MR) is 48.7 cm³/mol. The normalized spacial score (nSPS) is 12.5. The molecular weight excluding hydrogens is 184 g/mol. The second-order valence-corrected chi connectivity index (χ2v) is 3.10. The first kappa shape index (κ1) is 10.4. The third kappa shape index (κ3) is 1.63. The zero-order valence-electron chi connectivity index (χ0n) is 8.31. The number of hydrogen-bond donors (Lipinski definition) is 1. The lowest BCUT2D eigenvalue weighted by Gasteiger charge is -2.08. The molecule has 1 unspecified atom stereocenters. The van der Waals surface area contributed by atoms with E-state index in [0.717, 1.165) is 0 Å². The van der Waals surface area contributed by atoms with Crippen molar-refractivity contribution in [2.45, 2.75) is 26.8 Å². The third-order valence-electron chi connectivity index (χ3n) is 2.04. The average Bonchev–Trinajstić information content (AvgIpc) is 2.45. The highest BCUT2D eigenvalue weighted by atomic mass is 16.1. The molecule has 0 fully saturated rings. The Hall–Kier alpha value is -1.72. The zero-order valence-corrected chi connectivity index (χ0v) is 8.31. The van der Waals surface area contributed by atoms with Crippen molar-refractivity contribution >= 4 is 11.7 Å². The fourth-order valence-electron chi connectivity index (χ4n) is 1.15. The summed E-state index contributed by atoms with van der Waals surface area (Å²) in [7, 11) is 0. The van der Waals surface area contributed by atoms with Crippen LogP contribution in [0.5, 0.6) is 0 Å². The van der Waals surface area contributed by atoms with E-state index in [1.165, 1.54) is 11.6 Å². The summed E-state index contributed by atoms with van der Waals surface area (Å²) in [4.78, 5) is 21.9. The molecule has 1 heterocycles. The molecule has 0 saturated heterocycles. The van der Waals surface area contributed by atoms with Gasteiger partial charge < -0.3 is 5.73 Å². The van der Waals surface area contributed by atoms with Crippen LogP contribution in [-0.4, -0.2) is 26.7 Å². The van der Waals surface area contributed by atoms with Crippen LogP contribution in [0.15, 0.2) is 0 Å². The molecule has 76 valence electrons. The summed E-state index contributed by atoms with van der Waals surface area (Å²) >= 11 is 0. The molecule has 0 aliphatic carbocycles. The van der Waals surface area contributed by atoms with E-state index in [1.807, 2.05) is 0 Å². The summed E-state index contributed by atoms with van der Waals surface area (Å²) in [6, 6.07) is -0.587. The maximum atomic E-state index is 11.0. The average molecular weight is 196 g/mol. The van der Waals surface area contributed by atoms with E-state index in [1.54, 1.807) is 13.8 Å². The Labute approximate surface area is 81.1 Å². The maximum Gasteiger partial charge on any atom is 0.242 e. The second kappa shape index (κ2) is 3.57. The second-order valence-electron chi connectivity index (χ2n) is 3.10. The lowest BCUT2D eigenvalue weighted by atomic mass is 10.2. The van der Waals surface area contributed by atoms with Gasteiger partial charge in [0.05, 0.1) is 5.69 Å². The minimum absolute atomic E-state index is 0.176. The molecule has 0 aliphatic heterocycles. The largest absolute Gasteiger partial charge is 0.368 e. The molecule has 0 bridgehead atoms. The fourth-order valence-corrected chi connectivity index (χ4v) is 1.15. The van der Waals surface area contributed by atoms with E-state index in [0.29, 0.717) is 5.69 Å². The molecule has 0 spiro atoms. The van der Waals surface area contributed by atoms with Crippen LogP contribution in [0.4, 0.5) is 0 Å². The highest BCUT2D eigenvalue weighted by Gasteiger charge is 2.19. The first-order valence-electron chi connectivity index (χ1n) is 4.17. The molecule has 1 atom stereocenters. The van der Waals surface area contributed by atoms with Gasteiger partial charge in [0.15, 0.2) is 11.5 Å². The topological polar surface area (TPSA) is 90.9 Å². The van der Waals surface area contributed by atoms with Gasteiger partial charge in [-0.3, -0.25) is 9.59 Å². The van der Waals surface area contributed by atoms with Gasteiger partial charge in [-0.25, -0.2) is 4.68 Å². The third-order valence-corrected chi connectivity index (χ3v) is 2.04. The Morgan fingerprint density at radius 3 is 2.43 bits per heavy atom. The maximum absolute atomic E-state index is 11.0. The van der Waals surface area contributed by atoms with Gasteiger partial charge in [0.25, 0.3) is 0 Å². The molecule has 0 radical (unpaired) electrons. The Morgan fingerprint density at radius 2 is 2.07 bits per heavy atom. The molecule has 6 nitrogen and oxygen atoms in total. The van der Waals surface area contributed by atoms with Gasteiger partial charge in [0.1, 0.15) is 6.04 Å². The molecule has 0 saturated carbocycles. The molecule has 6 heteroatoms. The van der Waals surface area contributed by atoms with Crippen molar-refractivity contribution in [3.05, 3.63) is 11.4 Å².